The summed E-state index contributed by atoms with van der Waals surface area (Å²) in [6, 6.07) is 12.4. The van der Waals surface area contributed by atoms with Gasteiger partial charge >= 0.3 is 5.97 Å². The number of nitrogens with zero attached hydrogens (tertiary/aromatic N) is 2. The second kappa shape index (κ2) is 9.72. The van der Waals surface area contributed by atoms with Gasteiger partial charge in [0, 0.05) is 0 Å². The van der Waals surface area contributed by atoms with Crippen molar-refractivity contribution in [2.24, 2.45) is 4.99 Å². The molecule has 1 aliphatic heterocycles. The van der Waals surface area contributed by atoms with Crippen LogP contribution in [0.3, 0.4) is 0 Å². The summed E-state index contributed by atoms with van der Waals surface area (Å²) in [6.07, 6.45) is 1.76. The number of aromatic nitrogens is 1. The summed E-state index contributed by atoms with van der Waals surface area (Å²) in [5.74, 6) is 0.0130. The molecule has 0 saturated heterocycles. The Morgan fingerprint density at radius 3 is 2.59 bits per heavy atom. The van der Waals surface area contributed by atoms with Crippen molar-refractivity contribution in [1.82, 2.24) is 4.57 Å². The highest BCUT2D eigenvalue weighted by molar-refractivity contribution is 9.10. The van der Waals surface area contributed by atoms with E-state index < -0.39 is 12.0 Å². The Balaban J connectivity index is 1.93. The van der Waals surface area contributed by atoms with Crippen LogP contribution >= 0.6 is 27.3 Å². The number of fused-ring (bicyclic) bond motifs is 1. The van der Waals surface area contributed by atoms with E-state index in [0.29, 0.717) is 31.0 Å². The maximum Gasteiger partial charge on any atom is 0.338 e. The van der Waals surface area contributed by atoms with Gasteiger partial charge in [-0.25, -0.2) is 9.79 Å². The van der Waals surface area contributed by atoms with Crippen LogP contribution < -0.4 is 14.9 Å². The summed E-state index contributed by atoms with van der Waals surface area (Å²) in [4.78, 5) is 31.7. The summed E-state index contributed by atoms with van der Waals surface area (Å²) < 4.78 is 7.94. The van der Waals surface area contributed by atoms with E-state index in [-0.39, 0.29) is 17.9 Å². The first kappa shape index (κ1) is 24.2. The zero-order valence-electron chi connectivity index (χ0n) is 19.3. The minimum atomic E-state index is -0.634. The van der Waals surface area contributed by atoms with Crippen LogP contribution in [-0.2, 0) is 9.53 Å². The van der Waals surface area contributed by atoms with E-state index in [1.165, 1.54) is 16.9 Å². The number of carbonyl (C=O) groups excluding carboxylic acids is 1. The molecule has 3 aromatic rings. The maximum absolute atomic E-state index is 13.6. The molecule has 1 atom stereocenters. The van der Waals surface area contributed by atoms with E-state index in [2.05, 4.69) is 34.8 Å². The molecule has 2 heterocycles. The quantitative estimate of drug-likeness (QED) is 0.486. The molecule has 176 valence electrons. The van der Waals surface area contributed by atoms with Crippen LogP contribution in [0.4, 0.5) is 0 Å². The molecule has 1 aromatic heterocycles. The maximum atomic E-state index is 13.6. The van der Waals surface area contributed by atoms with Gasteiger partial charge in [-0.15, -0.1) is 0 Å². The van der Waals surface area contributed by atoms with Gasteiger partial charge in [-0.3, -0.25) is 9.36 Å². The van der Waals surface area contributed by atoms with Crippen LogP contribution in [0.2, 0.25) is 0 Å². The molecule has 0 unspecified atom stereocenters. The standard InChI is InChI=1S/C26H25BrN2O4S/c1-5-33-25(32)22-15(4)28-26-29(23(22)18-9-7-17(8-10-18)14(2)3)24(31)21(34-26)13-16-6-11-20(30)19(27)12-16/h6-14,23,30H,5H2,1-4H3/b21-13-/t23-/m1/s1. The van der Waals surface area contributed by atoms with Gasteiger partial charge in [0.15, 0.2) is 4.80 Å². The molecule has 0 spiro atoms. The Hall–Kier alpha value is -2.97. The van der Waals surface area contributed by atoms with Crippen molar-refractivity contribution < 1.29 is 14.6 Å². The van der Waals surface area contributed by atoms with Crippen LogP contribution in [0, 0.1) is 0 Å². The van der Waals surface area contributed by atoms with E-state index in [1.807, 2.05) is 24.3 Å². The zero-order valence-corrected chi connectivity index (χ0v) is 21.7. The number of carbonyl (C=O) groups is 1. The molecular formula is C26H25BrN2O4S. The van der Waals surface area contributed by atoms with Crippen LogP contribution in [0.15, 0.2) is 68.0 Å². The fraction of sp³-hybridized carbons (Fsp3) is 0.269. The molecule has 0 radical (unpaired) electrons. The Labute approximate surface area is 209 Å². The van der Waals surface area contributed by atoms with Crippen molar-refractivity contribution >= 4 is 39.3 Å². The van der Waals surface area contributed by atoms with Gasteiger partial charge in [-0.05, 0) is 70.6 Å². The van der Waals surface area contributed by atoms with Gasteiger partial charge in [0.1, 0.15) is 5.75 Å². The van der Waals surface area contributed by atoms with Crippen molar-refractivity contribution in [3.8, 4) is 5.75 Å². The highest BCUT2D eigenvalue weighted by Crippen LogP contribution is 2.31. The number of phenolic OH excluding ortho intramolecular Hbond substituents is 1. The number of esters is 1. The highest BCUT2D eigenvalue weighted by atomic mass is 79.9. The molecule has 0 saturated carbocycles. The second-order valence-electron chi connectivity index (χ2n) is 8.33. The first-order valence-corrected chi connectivity index (χ1v) is 12.6. The van der Waals surface area contributed by atoms with E-state index >= 15 is 0 Å². The zero-order chi connectivity index (χ0) is 24.6. The third-order valence-electron chi connectivity index (χ3n) is 5.71. The first-order chi connectivity index (χ1) is 16.2. The van der Waals surface area contributed by atoms with Crippen LogP contribution in [0.1, 0.15) is 56.3 Å². The van der Waals surface area contributed by atoms with Gasteiger partial charge in [-0.2, -0.15) is 0 Å². The third-order valence-corrected chi connectivity index (χ3v) is 7.32. The SMILES string of the molecule is CCOC(=O)C1=C(C)N=c2s/c(=C\c3ccc(O)c(Br)c3)c(=O)n2[C@@H]1c1ccc(C(C)C)cc1. The average molecular weight is 541 g/mol. The Kier molecular flexibility index (Phi) is 6.91. The minimum absolute atomic E-state index is 0.123. The molecule has 0 amide bonds. The lowest BCUT2D eigenvalue weighted by atomic mass is 9.93. The molecule has 2 aromatic carbocycles. The minimum Gasteiger partial charge on any atom is -0.507 e. The van der Waals surface area contributed by atoms with Crippen molar-refractivity contribution in [1.29, 1.82) is 0 Å². The summed E-state index contributed by atoms with van der Waals surface area (Å²) >= 11 is 4.58. The number of halogens is 1. The number of thiazole rings is 1. The number of benzene rings is 2. The fourth-order valence-electron chi connectivity index (χ4n) is 3.93. The van der Waals surface area contributed by atoms with Gasteiger partial charge < -0.3 is 9.84 Å². The van der Waals surface area contributed by atoms with E-state index in [0.717, 1.165) is 11.1 Å². The molecule has 34 heavy (non-hydrogen) atoms. The largest absolute Gasteiger partial charge is 0.507 e. The van der Waals surface area contributed by atoms with E-state index in [4.69, 9.17) is 4.74 Å². The Morgan fingerprint density at radius 1 is 1.26 bits per heavy atom. The van der Waals surface area contributed by atoms with Gasteiger partial charge in [0.25, 0.3) is 5.56 Å². The summed E-state index contributed by atoms with van der Waals surface area (Å²) in [6.45, 7) is 8.00. The molecule has 1 N–H and O–H groups in total. The topological polar surface area (TPSA) is 80.9 Å². The van der Waals surface area contributed by atoms with Gasteiger partial charge in [0.2, 0.25) is 0 Å². The lowest BCUT2D eigenvalue weighted by Crippen LogP contribution is -2.39. The molecule has 0 bridgehead atoms. The van der Waals surface area contributed by atoms with E-state index in [9.17, 15) is 14.7 Å². The number of rotatable bonds is 5. The first-order valence-electron chi connectivity index (χ1n) is 11.0. The fourth-order valence-corrected chi connectivity index (χ4v) is 5.38. The van der Waals surface area contributed by atoms with E-state index in [1.54, 1.807) is 42.7 Å². The molecule has 8 heteroatoms. The Bertz CT molecular complexity index is 1470. The number of phenols is 1. The summed E-state index contributed by atoms with van der Waals surface area (Å²) in [7, 11) is 0. The lowest BCUT2D eigenvalue weighted by molar-refractivity contribution is -0.139. The number of aromatic hydroxyl groups is 1. The predicted molar refractivity (Wildman–Crippen MR) is 137 cm³/mol. The van der Waals surface area contributed by atoms with Crippen LogP contribution in [-0.4, -0.2) is 22.2 Å². The van der Waals surface area contributed by atoms with Gasteiger partial charge in [-0.1, -0.05) is 55.5 Å². The van der Waals surface area contributed by atoms with Crippen LogP contribution in [0.5, 0.6) is 5.75 Å². The summed E-state index contributed by atoms with van der Waals surface area (Å²) in [5, 5.41) is 9.78. The molecule has 1 aliphatic rings. The average Bonchev–Trinajstić information content (AvgIpc) is 3.10. The van der Waals surface area contributed by atoms with Crippen molar-refractivity contribution in [2.75, 3.05) is 6.61 Å². The molecule has 4 rings (SSSR count). The third kappa shape index (κ3) is 4.52. The number of ether oxygens (including phenoxy) is 1. The molecule has 6 nitrogen and oxygen atoms in total. The number of allylic oxidation sites excluding steroid dienone is 1. The lowest BCUT2D eigenvalue weighted by Gasteiger charge is -2.25. The molecular weight excluding hydrogens is 516 g/mol. The smallest absolute Gasteiger partial charge is 0.338 e. The normalized spacial score (nSPS) is 15.9. The Morgan fingerprint density at radius 2 is 1.97 bits per heavy atom. The summed E-state index contributed by atoms with van der Waals surface area (Å²) in [5.41, 5.74) is 3.42. The van der Waals surface area contributed by atoms with Crippen LogP contribution in [0.25, 0.3) is 6.08 Å². The van der Waals surface area contributed by atoms with Crippen molar-refractivity contribution in [2.45, 2.75) is 39.7 Å². The predicted octanol–water partition coefficient (Wildman–Crippen LogP) is 4.39. The molecule has 0 fully saturated rings. The van der Waals surface area contributed by atoms with Gasteiger partial charge in [0.05, 0.1) is 32.9 Å². The monoisotopic (exact) mass is 540 g/mol. The van der Waals surface area contributed by atoms with Crippen molar-refractivity contribution in [3.63, 3.8) is 0 Å². The molecule has 0 aliphatic carbocycles. The number of hydrogen-bond donors (Lipinski definition) is 1. The second-order valence-corrected chi connectivity index (χ2v) is 10.2. The number of hydrogen-bond acceptors (Lipinski definition) is 6. The highest BCUT2D eigenvalue weighted by Gasteiger charge is 2.33. The van der Waals surface area contributed by atoms with Crippen molar-refractivity contribution in [3.05, 3.63) is 94.6 Å².